The van der Waals surface area contributed by atoms with E-state index in [1.165, 1.54) is 6.07 Å². The number of nitrogens with zero attached hydrogens (tertiary/aromatic N) is 1. The highest BCUT2D eigenvalue weighted by Crippen LogP contribution is 2.29. The van der Waals surface area contributed by atoms with Crippen molar-refractivity contribution in [1.29, 1.82) is 5.26 Å². The minimum absolute atomic E-state index is 0.0130. The molecule has 0 aliphatic rings. The molecular formula is C14H17NO4S. The third kappa shape index (κ3) is 2.83. The highest BCUT2D eigenvalue weighted by atomic mass is 32.2. The van der Waals surface area contributed by atoms with Crippen LogP contribution in [0.15, 0.2) is 24.3 Å². The lowest BCUT2D eigenvalue weighted by Gasteiger charge is -2.26. The van der Waals surface area contributed by atoms with E-state index in [1.54, 1.807) is 32.0 Å². The van der Waals surface area contributed by atoms with Crippen LogP contribution >= 0.6 is 0 Å². The Hall–Kier alpha value is -1.87. The zero-order valence-corrected chi connectivity index (χ0v) is 12.3. The Balaban J connectivity index is 3.23. The van der Waals surface area contributed by atoms with Crippen LogP contribution in [0.5, 0.6) is 0 Å². The molecule has 0 bridgehead atoms. The summed E-state index contributed by atoms with van der Waals surface area (Å²) in [6, 6.07) is 8.14. The summed E-state index contributed by atoms with van der Waals surface area (Å²) in [6.45, 7) is 3.11. The van der Waals surface area contributed by atoms with E-state index in [1.807, 2.05) is 6.07 Å². The summed E-state index contributed by atoms with van der Waals surface area (Å²) in [4.78, 5) is 11.4. The van der Waals surface area contributed by atoms with Crippen LogP contribution in [0.3, 0.4) is 0 Å². The maximum absolute atomic E-state index is 12.5. The number of nitriles is 1. The van der Waals surface area contributed by atoms with Crippen LogP contribution in [0.25, 0.3) is 0 Å². The lowest BCUT2D eigenvalue weighted by Crippen LogP contribution is -2.46. The maximum Gasteiger partial charge on any atom is 0.325 e. The van der Waals surface area contributed by atoms with Crippen LogP contribution in [0.1, 0.15) is 37.8 Å². The number of benzene rings is 1. The fourth-order valence-corrected chi connectivity index (χ4v) is 4.25. The van der Waals surface area contributed by atoms with Gasteiger partial charge in [-0.3, -0.25) is 4.79 Å². The summed E-state index contributed by atoms with van der Waals surface area (Å²) in [5.74, 6) is -1.70. The monoisotopic (exact) mass is 295 g/mol. The number of carboxylic acid groups (broad SMARTS) is 1. The minimum Gasteiger partial charge on any atom is -0.480 e. The first-order valence-electron chi connectivity index (χ1n) is 6.27. The number of hydrogen-bond acceptors (Lipinski definition) is 4. The molecular weight excluding hydrogens is 278 g/mol. The summed E-state index contributed by atoms with van der Waals surface area (Å²) in [7, 11) is -3.87. The van der Waals surface area contributed by atoms with Crippen molar-refractivity contribution in [2.45, 2.75) is 37.2 Å². The smallest absolute Gasteiger partial charge is 0.325 e. The lowest BCUT2D eigenvalue weighted by molar-refractivity contribution is -0.140. The van der Waals surface area contributed by atoms with Gasteiger partial charge in [-0.1, -0.05) is 26.0 Å². The van der Waals surface area contributed by atoms with Gasteiger partial charge < -0.3 is 5.11 Å². The van der Waals surface area contributed by atoms with Crippen LogP contribution in [-0.2, 0) is 20.4 Å². The number of sulfone groups is 1. The van der Waals surface area contributed by atoms with Gasteiger partial charge in [-0.25, -0.2) is 8.42 Å². The van der Waals surface area contributed by atoms with E-state index in [4.69, 9.17) is 5.26 Å². The molecule has 0 atom stereocenters. The Morgan fingerprint density at radius 1 is 1.35 bits per heavy atom. The average molecular weight is 295 g/mol. The van der Waals surface area contributed by atoms with Crippen molar-refractivity contribution in [3.63, 3.8) is 0 Å². The molecule has 0 saturated heterocycles. The Kier molecular flexibility index (Phi) is 4.90. The highest BCUT2D eigenvalue weighted by Gasteiger charge is 2.47. The molecule has 108 valence electrons. The van der Waals surface area contributed by atoms with Gasteiger partial charge in [0.2, 0.25) is 0 Å². The van der Waals surface area contributed by atoms with E-state index in [2.05, 4.69) is 0 Å². The Morgan fingerprint density at radius 3 is 2.40 bits per heavy atom. The normalized spacial score (nSPS) is 11.8. The molecule has 6 heteroatoms. The molecule has 1 rings (SSSR count). The van der Waals surface area contributed by atoms with E-state index >= 15 is 0 Å². The van der Waals surface area contributed by atoms with Gasteiger partial charge in [0.15, 0.2) is 14.6 Å². The zero-order chi connectivity index (χ0) is 15.4. The van der Waals surface area contributed by atoms with Crippen molar-refractivity contribution in [1.82, 2.24) is 0 Å². The van der Waals surface area contributed by atoms with Crippen molar-refractivity contribution in [2.75, 3.05) is 0 Å². The molecule has 0 aromatic heterocycles. The summed E-state index contributed by atoms with van der Waals surface area (Å²) < 4.78 is 23.2. The molecule has 0 heterocycles. The van der Waals surface area contributed by atoms with Crippen molar-refractivity contribution in [3.05, 3.63) is 35.4 Å². The van der Waals surface area contributed by atoms with Gasteiger partial charge in [-0.15, -0.1) is 0 Å². The van der Waals surface area contributed by atoms with Gasteiger partial charge >= 0.3 is 5.97 Å². The van der Waals surface area contributed by atoms with Gasteiger partial charge in [-0.05, 0) is 30.5 Å². The van der Waals surface area contributed by atoms with Gasteiger partial charge in [0, 0.05) is 0 Å². The average Bonchev–Trinajstić information content (AvgIpc) is 2.39. The fourth-order valence-electron chi connectivity index (χ4n) is 2.21. The van der Waals surface area contributed by atoms with E-state index in [-0.39, 0.29) is 18.6 Å². The van der Waals surface area contributed by atoms with E-state index < -0.39 is 20.6 Å². The number of carboxylic acids is 1. The summed E-state index contributed by atoms with van der Waals surface area (Å²) in [6.07, 6.45) is 0.0260. The van der Waals surface area contributed by atoms with Crippen molar-refractivity contribution >= 4 is 15.8 Å². The van der Waals surface area contributed by atoms with Gasteiger partial charge in [0.25, 0.3) is 0 Å². The molecule has 0 radical (unpaired) electrons. The minimum atomic E-state index is -3.87. The quantitative estimate of drug-likeness (QED) is 0.867. The second-order valence-electron chi connectivity index (χ2n) is 4.58. The topological polar surface area (TPSA) is 95.2 Å². The predicted molar refractivity (Wildman–Crippen MR) is 74.7 cm³/mol. The highest BCUT2D eigenvalue weighted by molar-refractivity contribution is 7.92. The Labute approximate surface area is 118 Å². The molecule has 0 saturated carbocycles. The SMILES string of the molecule is CCC(CC)(C(=O)O)S(=O)(=O)Cc1cccc(C#N)c1. The molecule has 20 heavy (non-hydrogen) atoms. The molecule has 0 aliphatic heterocycles. The first-order chi connectivity index (χ1) is 9.32. The van der Waals surface area contributed by atoms with E-state index in [0.29, 0.717) is 11.1 Å². The van der Waals surface area contributed by atoms with Crippen LogP contribution in [-0.4, -0.2) is 24.2 Å². The van der Waals surface area contributed by atoms with E-state index in [9.17, 15) is 18.3 Å². The second-order valence-corrected chi connectivity index (χ2v) is 6.88. The molecule has 0 unspecified atom stereocenters. The predicted octanol–water partition coefficient (Wildman–Crippen LogP) is 2.12. The number of carbonyl (C=O) groups is 1. The van der Waals surface area contributed by atoms with Crippen LogP contribution in [0, 0.1) is 11.3 Å². The molecule has 1 aromatic carbocycles. The molecule has 5 nitrogen and oxygen atoms in total. The van der Waals surface area contributed by atoms with Crippen LogP contribution in [0.2, 0.25) is 0 Å². The van der Waals surface area contributed by atoms with Crippen LogP contribution in [0.4, 0.5) is 0 Å². The standard InChI is InChI=1S/C14H17NO4S/c1-3-14(4-2,13(16)17)20(18,19)10-12-7-5-6-11(8-12)9-15/h5-8H,3-4,10H2,1-2H3,(H,16,17). The molecule has 0 spiro atoms. The number of hydrogen-bond donors (Lipinski definition) is 1. The third-order valence-corrected chi connectivity index (χ3v) is 6.20. The molecule has 0 fully saturated rings. The summed E-state index contributed by atoms with van der Waals surface area (Å²) in [5.41, 5.74) is 0.781. The van der Waals surface area contributed by atoms with Gasteiger partial charge in [0.05, 0.1) is 17.4 Å². The molecule has 0 aliphatic carbocycles. The van der Waals surface area contributed by atoms with Crippen molar-refractivity contribution < 1.29 is 18.3 Å². The van der Waals surface area contributed by atoms with Crippen LogP contribution < -0.4 is 0 Å². The molecule has 1 aromatic rings. The first-order valence-corrected chi connectivity index (χ1v) is 7.93. The van der Waals surface area contributed by atoms with E-state index in [0.717, 1.165) is 0 Å². The zero-order valence-electron chi connectivity index (χ0n) is 11.5. The molecule has 0 amide bonds. The number of aliphatic carboxylic acids is 1. The summed E-state index contributed by atoms with van der Waals surface area (Å²) >= 11 is 0. The van der Waals surface area contributed by atoms with Crippen molar-refractivity contribution in [2.24, 2.45) is 0 Å². The summed E-state index contributed by atoms with van der Waals surface area (Å²) in [5, 5.41) is 18.1. The maximum atomic E-state index is 12.5. The largest absolute Gasteiger partial charge is 0.480 e. The van der Waals surface area contributed by atoms with Gasteiger partial charge in [-0.2, -0.15) is 5.26 Å². The third-order valence-electron chi connectivity index (χ3n) is 3.54. The van der Waals surface area contributed by atoms with Crippen molar-refractivity contribution in [3.8, 4) is 6.07 Å². The Morgan fingerprint density at radius 2 is 1.95 bits per heavy atom. The molecule has 1 N–H and O–H groups in total. The van der Waals surface area contributed by atoms with Gasteiger partial charge in [0.1, 0.15) is 0 Å². The second kappa shape index (κ2) is 6.06. The fraction of sp³-hybridized carbons (Fsp3) is 0.429. The number of rotatable bonds is 6. The Bertz CT molecular complexity index is 639. The lowest BCUT2D eigenvalue weighted by atomic mass is 10.0. The first kappa shape index (κ1) is 16.2.